The van der Waals surface area contributed by atoms with Crippen LogP contribution in [0.4, 0.5) is 0 Å². The van der Waals surface area contributed by atoms with Crippen LogP contribution >= 0.6 is 0 Å². The molecule has 540 valence electrons. The summed E-state index contributed by atoms with van der Waals surface area (Å²) < 4.78 is 39.5. The lowest BCUT2D eigenvalue weighted by molar-refractivity contribution is -0.161. The van der Waals surface area contributed by atoms with E-state index in [1.807, 2.05) is 92.6 Å². The zero-order valence-corrected chi connectivity index (χ0v) is 60.1. The largest absolute Gasteiger partial charge is 0.466 e. The summed E-state index contributed by atoms with van der Waals surface area (Å²) in [5.41, 5.74) is 0.985. The predicted octanol–water partition coefficient (Wildman–Crippen LogP) is 13.1. The molecule has 20 nitrogen and oxygen atoms in total. The molecule has 0 spiro atoms. The van der Waals surface area contributed by atoms with Crippen LogP contribution < -0.4 is 10.6 Å². The fraction of sp³-hybridized carbons (Fsp3) is 0.773. The highest BCUT2D eigenvalue weighted by Gasteiger charge is 2.52. The molecule has 2 N–H and O–H groups in total. The van der Waals surface area contributed by atoms with Gasteiger partial charge in [-0.2, -0.15) is 0 Å². The molecule has 0 aromatic heterocycles. The smallest absolute Gasteiger partial charge is 0.329 e. The van der Waals surface area contributed by atoms with Crippen molar-refractivity contribution < 1.29 is 85.9 Å². The molecule has 7 unspecified atom stereocenters. The van der Waals surface area contributed by atoms with Crippen molar-refractivity contribution in [1.82, 2.24) is 10.6 Å². The van der Waals surface area contributed by atoms with E-state index in [4.69, 9.17) is 33.2 Å². The van der Waals surface area contributed by atoms with Gasteiger partial charge in [-0.25, -0.2) is 9.59 Å². The number of unbranched alkanes of at least 4 members (excludes halogenated alkanes) is 8. The van der Waals surface area contributed by atoms with E-state index < -0.39 is 60.3 Å². The van der Waals surface area contributed by atoms with E-state index in [0.717, 1.165) is 63.4 Å². The summed E-state index contributed by atoms with van der Waals surface area (Å²) >= 11 is 0. The van der Waals surface area contributed by atoms with Crippen molar-refractivity contribution in [2.45, 2.75) is 306 Å². The van der Waals surface area contributed by atoms with Crippen LogP contribution in [0.1, 0.15) is 268 Å². The van der Waals surface area contributed by atoms with Crippen molar-refractivity contribution in [2.75, 3.05) is 26.4 Å². The van der Waals surface area contributed by atoms with E-state index in [2.05, 4.69) is 17.6 Å². The number of hydrogen-bond acceptors (Lipinski definition) is 18. The van der Waals surface area contributed by atoms with Crippen LogP contribution in [0, 0.1) is 41.4 Å². The Bertz CT molecular complexity index is 2440. The molecule has 1 aromatic carbocycles. The number of hydrogen-bond donors (Lipinski definition) is 2. The standard InChI is InChI=1S/C41H67NO12.C34H55NO6/c1-9-50-39(47)29(18-25(2)3)21-31(44)16-12-13-17-36(46)42-33(20-27(6)7)41(49)54-35-24-52-37-34(23-51-38(35)37)53-40(48)30(19-26(4)5)22-32(45)15-11-10-14-28(8)43;1-5-7-8-17-24-40-34(39)31(25-27(3)4)35-32(37)23-16-15-22-30(36)21-14-10-13-20-29(6-2)33(38)41-26-28-18-11-9-12-19-28/h25-27,29-30,33-35,37-38H,9-24H2,1-8H3,(H,42,46);9,11-12,18-19,27,29,31H,5-8,10,13-17,20-26H2,1-4H3,(H,35,37)/t29?,30?,33?,34-,35+,37?,38?;/m1./s1. The topological polar surface area (TPSA) is 276 Å². The third-order valence-corrected chi connectivity index (χ3v) is 16.8. The van der Waals surface area contributed by atoms with Gasteiger partial charge in [-0.1, -0.05) is 132 Å². The maximum Gasteiger partial charge on any atom is 0.329 e. The Labute approximate surface area is 568 Å². The molecular formula is C75H122N2O18. The number of esters is 5. The lowest BCUT2D eigenvalue weighted by Crippen LogP contribution is -2.45. The third kappa shape index (κ3) is 38.6. The first kappa shape index (κ1) is 85.2. The van der Waals surface area contributed by atoms with E-state index in [0.29, 0.717) is 110 Å². The first-order valence-electron chi connectivity index (χ1n) is 36.1. The highest BCUT2D eigenvalue weighted by molar-refractivity contribution is 5.87. The van der Waals surface area contributed by atoms with Crippen LogP contribution in [0.15, 0.2) is 30.3 Å². The van der Waals surface area contributed by atoms with Gasteiger partial charge in [0.25, 0.3) is 0 Å². The lowest BCUT2D eigenvalue weighted by Gasteiger charge is -2.23. The van der Waals surface area contributed by atoms with E-state index in [9.17, 15) is 52.7 Å². The number of nitrogens with one attached hydrogen (secondary N) is 2. The molecule has 0 saturated carbocycles. The van der Waals surface area contributed by atoms with Crippen molar-refractivity contribution in [3.63, 3.8) is 0 Å². The minimum absolute atomic E-state index is 0.0356. The van der Waals surface area contributed by atoms with Gasteiger partial charge < -0.3 is 48.6 Å². The Morgan fingerprint density at radius 2 is 0.895 bits per heavy atom. The van der Waals surface area contributed by atoms with Crippen LogP contribution in [-0.4, -0.2) is 128 Å². The number of rotatable bonds is 51. The average molecular weight is 1340 g/mol. The van der Waals surface area contributed by atoms with Crippen LogP contribution in [0.3, 0.4) is 0 Å². The van der Waals surface area contributed by atoms with Crippen LogP contribution in [0.5, 0.6) is 0 Å². The Morgan fingerprint density at radius 3 is 1.38 bits per heavy atom. The number of ether oxygens (including phenoxy) is 7. The van der Waals surface area contributed by atoms with Crippen molar-refractivity contribution in [1.29, 1.82) is 0 Å². The summed E-state index contributed by atoms with van der Waals surface area (Å²) in [7, 11) is 0. The monoisotopic (exact) mass is 1340 g/mol. The first-order valence-corrected chi connectivity index (χ1v) is 36.1. The molecule has 3 rings (SSSR count). The van der Waals surface area contributed by atoms with Crippen LogP contribution in [0.25, 0.3) is 0 Å². The second-order valence-corrected chi connectivity index (χ2v) is 27.8. The van der Waals surface area contributed by atoms with Gasteiger partial charge in [0.15, 0.2) is 12.2 Å². The molecule has 1 aromatic rings. The quantitative estimate of drug-likeness (QED) is 0.0348. The summed E-state index contributed by atoms with van der Waals surface area (Å²) in [6.45, 7) is 24.3. The Kier molecular flexibility index (Phi) is 44.5. The maximum atomic E-state index is 13.4. The highest BCUT2D eigenvalue weighted by atomic mass is 16.7. The van der Waals surface area contributed by atoms with Crippen molar-refractivity contribution in [3.05, 3.63) is 35.9 Å². The van der Waals surface area contributed by atoms with E-state index >= 15 is 0 Å². The van der Waals surface area contributed by atoms with Crippen molar-refractivity contribution >= 4 is 64.8 Å². The normalized spacial score (nSPS) is 17.3. The SMILES string of the molecule is CCCCCCOC(=O)C(CC(C)C)NC(=O)CCCCC(=O)CCCCCC(CC)C(=O)OCc1ccccc1.CCOC(=O)C(CC(=O)CCCCC(=O)NC(CC(C)C)C(=O)O[C@H]1COC2C1OC[C@H]2OC(=O)C(CC(=O)CCCCC(C)=O)CC(C)C)CC(C)C. The number of carbonyl (C=O) groups is 11. The molecule has 2 aliphatic rings. The van der Waals surface area contributed by atoms with Gasteiger partial charge in [0, 0.05) is 57.8 Å². The Hall–Kier alpha value is -5.89. The summed E-state index contributed by atoms with van der Waals surface area (Å²) in [5, 5.41) is 5.64. The van der Waals surface area contributed by atoms with Crippen LogP contribution in [-0.2, 0) is 92.5 Å². The number of Topliss-reactive ketones (excluding diaryl/α,β-unsaturated/α-hetero) is 4. The van der Waals surface area contributed by atoms with E-state index in [-0.39, 0.29) is 128 Å². The summed E-state index contributed by atoms with van der Waals surface area (Å²) in [5.74, 6) is -2.69. The summed E-state index contributed by atoms with van der Waals surface area (Å²) in [6, 6.07) is 8.17. The van der Waals surface area contributed by atoms with Gasteiger partial charge in [0.05, 0.1) is 44.2 Å². The fourth-order valence-corrected chi connectivity index (χ4v) is 11.8. The Balaban J connectivity index is 0.000000672. The van der Waals surface area contributed by atoms with Gasteiger partial charge in [-0.05, 0) is 133 Å². The van der Waals surface area contributed by atoms with Gasteiger partial charge in [0.2, 0.25) is 11.8 Å². The lowest BCUT2D eigenvalue weighted by atomic mass is 9.91. The van der Waals surface area contributed by atoms with E-state index in [1.165, 1.54) is 6.92 Å². The molecule has 0 bridgehead atoms. The second-order valence-electron chi connectivity index (χ2n) is 27.8. The van der Waals surface area contributed by atoms with Crippen LogP contribution in [0.2, 0.25) is 0 Å². The molecule has 95 heavy (non-hydrogen) atoms. The fourth-order valence-electron chi connectivity index (χ4n) is 11.8. The second kappa shape index (κ2) is 49.6. The van der Waals surface area contributed by atoms with Crippen molar-refractivity contribution in [3.8, 4) is 0 Å². The zero-order chi connectivity index (χ0) is 70.7. The molecule has 2 amide bonds. The molecule has 2 heterocycles. The van der Waals surface area contributed by atoms with E-state index in [1.54, 1.807) is 6.92 Å². The first-order chi connectivity index (χ1) is 45.3. The maximum absolute atomic E-state index is 13.4. The Morgan fingerprint density at radius 1 is 0.453 bits per heavy atom. The van der Waals surface area contributed by atoms with Gasteiger partial charge in [-0.3, -0.25) is 38.4 Å². The average Bonchev–Trinajstić information content (AvgIpc) is 1.65. The number of benzene rings is 1. The highest BCUT2D eigenvalue weighted by Crippen LogP contribution is 2.33. The van der Waals surface area contributed by atoms with Crippen molar-refractivity contribution in [2.24, 2.45) is 41.4 Å². The molecule has 9 atom stereocenters. The molecule has 2 aliphatic heterocycles. The number of fused-ring (bicyclic) bond motifs is 1. The number of carbonyl (C=O) groups excluding carboxylic acids is 11. The van der Waals surface area contributed by atoms with Gasteiger partial charge in [-0.15, -0.1) is 0 Å². The summed E-state index contributed by atoms with van der Waals surface area (Å²) in [6.07, 6.45) is 13.5. The zero-order valence-electron chi connectivity index (χ0n) is 60.1. The van der Waals surface area contributed by atoms with Gasteiger partial charge >= 0.3 is 29.8 Å². The third-order valence-electron chi connectivity index (χ3n) is 16.8. The number of ketones is 4. The molecule has 2 saturated heterocycles. The molecule has 0 radical (unpaired) electrons. The molecule has 2 fully saturated rings. The molecular weight excluding hydrogens is 1220 g/mol. The number of amides is 2. The molecule has 20 heteroatoms. The predicted molar refractivity (Wildman–Crippen MR) is 363 cm³/mol. The minimum Gasteiger partial charge on any atom is -0.466 e. The van der Waals surface area contributed by atoms with Gasteiger partial charge in [0.1, 0.15) is 54.0 Å². The summed E-state index contributed by atoms with van der Waals surface area (Å²) in [4.78, 5) is 138. The molecule has 0 aliphatic carbocycles. The minimum atomic E-state index is -0.897.